The number of rotatable bonds is 14. The number of nitrogens with zero attached hydrogens (tertiary/aromatic N) is 1. The molecule has 0 aromatic rings. The van der Waals surface area contributed by atoms with Crippen LogP contribution in [0.3, 0.4) is 0 Å². The zero-order valence-corrected chi connectivity index (χ0v) is 21.4. The van der Waals surface area contributed by atoms with Gasteiger partial charge in [-0.2, -0.15) is 5.06 Å². The summed E-state index contributed by atoms with van der Waals surface area (Å²) in [6.07, 6.45) is 5.20. The zero-order chi connectivity index (χ0) is 22.4. The predicted molar refractivity (Wildman–Crippen MR) is 121 cm³/mol. The highest BCUT2D eigenvalue weighted by Crippen LogP contribution is 2.44. The van der Waals surface area contributed by atoms with Crippen LogP contribution in [0.1, 0.15) is 80.6 Å². The van der Waals surface area contributed by atoms with Crippen molar-refractivity contribution in [2.24, 2.45) is 11.7 Å². The Kier molecular flexibility index (Phi) is 9.76. The van der Waals surface area contributed by atoms with Crippen LogP contribution in [0.25, 0.3) is 0 Å². The van der Waals surface area contributed by atoms with Crippen LogP contribution in [0.5, 0.6) is 0 Å². The lowest BCUT2D eigenvalue weighted by atomic mass is 9.74. The molecule has 0 amide bonds. The molecule has 0 spiro atoms. The van der Waals surface area contributed by atoms with Crippen LogP contribution >= 0.6 is 0 Å². The summed E-state index contributed by atoms with van der Waals surface area (Å²) in [7, 11) is -2.82. The van der Waals surface area contributed by atoms with E-state index < -0.39 is 15.1 Å². The van der Waals surface area contributed by atoms with Gasteiger partial charge in [0.2, 0.25) is 0 Å². The van der Waals surface area contributed by atoms with Gasteiger partial charge < -0.3 is 23.7 Å². The van der Waals surface area contributed by atoms with Gasteiger partial charge in [-0.1, -0.05) is 0 Å². The van der Waals surface area contributed by atoms with Gasteiger partial charge in [0, 0.05) is 30.3 Å². The van der Waals surface area contributed by atoms with Gasteiger partial charge >= 0.3 is 8.80 Å². The van der Waals surface area contributed by atoms with Crippen molar-refractivity contribution < 1.29 is 22.9 Å². The Balaban J connectivity index is 2.05. The van der Waals surface area contributed by atoms with Crippen molar-refractivity contribution in [3.63, 3.8) is 0 Å². The molecule has 8 heteroatoms. The van der Waals surface area contributed by atoms with Gasteiger partial charge in [0.25, 0.3) is 0 Å². The summed E-state index contributed by atoms with van der Waals surface area (Å²) in [6.45, 7) is 17.7. The minimum atomic E-state index is -2.82. The number of piperidine rings is 1. The maximum absolute atomic E-state index is 6.48. The molecule has 2 aliphatic rings. The first-order valence-electron chi connectivity index (χ1n) is 11.8. The normalized spacial score (nSPS) is 25.4. The highest BCUT2D eigenvalue weighted by molar-refractivity contribution is 6.60. The van der Waals surface area contributed by atoms with Crippen LogP contribution in [0.15, 0.2) is 0 Å². The van der Waals surface area contributed by atoms with Gasteiger partial charge in [-0.25, -0.2) is 0 Å². The van der Waals surface area contributed by atoms with Crippen molar-refractivity contribution in [3.8, 4) is 0 Å². The Hall–Kier alpha value is -0.0631. The number of hydroxylamine groups is 2. The van der Waals surface area contributed by atoms with Crippen LogP contribution in [-0.4, -0.2) is 63.7 Å². The number of epoxide rings is 1. The topological polar surface area (TPSA) is 78.7 Å². The third-order valence-electron chi connectivity index (χ3n) is 5.94. The lowest BCUT2D eigenvalue weighted by Crippen LogP contribution is -2.62. The first-order chi connectivity index (χ1) is 14.1. The van der Waals surface area contributed by atoms with Crippen molar-refractivity contribution in [1.29, 1.82) is 0 Å². The standard InChI is InChI=1S/C22H46N2O5Si/c1-8-26-30(27-9-2,13-11-10-12-23)29-18(3)28-24-21(4,5)15-19(14-20-17-25-20)16-22(24,6)7/h18-20H,8-17,23H2,1-7H3. The summed E-state index contributed by atoms with van der Waals surface area (Å²) >= 11 is 0. The van der Waals surface area contributed by atoms with Gasteiger partial charge in [-0.3, -0.25) is 4.84 Å². The molecule has 178 valence electrons. The van der Waals surface area contributed by atoms with Crippen LogP contribution < -0.4 is 5.73 Å². The summed E-state index contributed by atoms with van der Waals surface area (Å²) in [5.41, 5.74) is 5.49. The predicted octanol–water partition coefficient (Wildman–Crippen LogP) is 4.09. The Morgan fingerprint density at radius 3 is 2.10 bits per heavy atom. The highest BCUT2D eigenvalue weighted by Gasteiger charge is 2.49. The molecule has 2 N–H and O–H groups in total. The number of unbranched alkanes of at least 4 members (excludes halogenated alkanes) is 1. The Bertz CT molecular complexity index is 492. The highest BCUT2D eigenvalue weighted by atomic mass is 28.4. The van der Waals surface area contributed by atoms with Gasteiger partial charge in [-0.05, 0) is 93.0 Å². The molecule has 2 unspecified atom stereocenters. The number of nitrogens with two attached hydrogens (primary N) is 1. The molecule has 2 fully saturated rings. The molecule has 30 heavy (non-hydrogen) atoms. The summed E-state index contributed by atoms with van der Waals surface area (Å²) < 4.78 is 24.1. The molecule has 2 atom stereocenters. The third-order valence-corrected chi connectivity index (χ3v) is 9.05. The minimum Gasteiger partial charge on any atom is -0.374 e. The molecule has 2 rings (SSSR count). The van der Waals surface area contributed by atoms with E-state index in [4.69, 9.17) is 28.6 Å². The molecule has 2 aliphatic heterocycles. The average molecular weight is 447 g/mol. The molecular formula is C22H46N2O5Si. The first kappa shape index (κ1) is 26.2. The fourth-order valence-corrected chi connectivity index (χ4v) is 7.90. The van der Waals surface area contributed by atoms with Crippen LogP contribution in [-0.2, 0) is 22.9 Å². The summed E-state index contributed by atoms with van der Waals surface area (Å²) in [6, 6.07) is 0.760. The van der Waals surface area contributed by atoms with Crippen LogP contribution in [0, 0.1) is 5.92 Å². The Labute approximate surface area is 185 Å². The average Bonchev–Trinajstić information content (AvgIpc) is 3.42. The van der Waals surface area contributed by atoms with Crippen LogP contribution in [0.2, 0.25) is 6.04 Å². The second-order valence-corrected chi connectivity index (χ2v) is 12.6. The van der Waals surface area contributed by atoms with E-state index in [1.165, 1.54) is 0 Å². The summed E-state index contributed by atoms with van der Waals surface area (Å²) in [5, 5.41) is 2.16. The van der Waals surface area contributed by atoms with E-state index >= 15 is 0 Å². The van der Waals surface area contributed by atoms with Crippen molar-refractivity contribution in [2.75, 3.05) is 26.4 Å². The quantitative estimate of drug-likeness (QED) is 0.186. The lowest BCUT2D eigenvalue weighted by molar-refractivity contribution is -0.344. The Morgan fingerprint density at radius 2 is 1.63 bits per heavy atom. The van der Waals surface area contributed by atoms with Gasteiger partial charge in [0.05, 0.1) is 12.7 Å². The van der Waals surface area contributed by atoms with Crippen molar-refractivity contribution in [3.05, 3.63) is 0 Å². The van der Waals surface area contributed by atoms with Crippen molar-refractivity contribution >= 4 is 8.80 Å². The molecule has 0 aliphatic carbocycles. The molecule has 7 nitrogen and oxygen atoms in total. The number of hydrogen-bond donors (Lipinski definition) is 1. The fraction of sp³-hybridized carbons (Fsp3) is 1.00. The maximum atomic E-state index is 6.48. The second-order valence-electron chi connectivity index (χ2n) is 9.97. The van der Waals surface area contributed by atoms with Gasteiger partial charge in [-0.15, -0.1) is 0 Å². The van der Waals surface area contributed by atoms with E-state index in [1.54, 1.807) is 0 Å². The van der Waals surface area contributed by atoms with Crippen LogP contribution in [0.4, 0.5) is 0 Å². The summed E-state index contributed by atoms with van der Waals surface area (Å²) in [4.78, 5) is 6.48. The zero-order valence-electron chi connectivity index (χ0n) is 20.4. The monoisotopic (exact) mass is 446 g/mol. The smallest absolute Gasteiger partial charge is 0.374 e. The maximum Gasteiger partial charge on any atom is 0.502 e. The van der Waals surface area contributed by atoms with E-state index in [9.17, 15) is 0 Å². The first-order valence-corrected chi connectivity index (χ1v) is 13.7. The Morgan fingerprint density at radius 1 is 1.07 bits per heavy atom. The second kappa shape index (κ2) is 11.2. The molecule has 0 saturated carbocycles. The third kappa shape index (κ3) is 7.51. The van der Waals surface area contributed by atoms with E-state index in [2.05, 4.69) is 32.8 Å². The number of ether oxygens (including phenoxy) is 1. The minimum absolute atomic E-state index is 0.0973. The SMILES string of the molecule is CCO[Si](CCCCN)(OCC)OC(C)ON1C(C)(C)CC(CC2CO2)CC1(C)C. The van der Waals surface area contributed by atoms with Gasteiger partial charge in [0.15, 0.2) is 6.29 Å². The van der Waals surface area contributed by atoms with Gasteiger partial charge in [0.1, 0.15) is 0 Å². The van der Waals surface area contributed by atoms with E-state index in [0.717, 1.165) is 44.8 Å². The molecular weight excluding hydrogens is 400 g/mol. The largest absolute Gasteiger partial charge is 0.502 e. The lowest BCUT2D eigenvalue weighted by Gasteiger charge is -2.54. The molecule has 0 aromatic carbocycles. The molecule has 0 aromatic heterocycles. The molecule has 0 radical (unpaired) electrons. The summed E-state index contributed by atoms with van der Waals surface area (Å²) in [5.74, 6) is 0.648. The molecule has 2 saturated heterocycles. The molecule has 0 bridgehead atoms. The van der Waals surface area contributed by atoms with Crippen molar-refractivity contribution in [2.45, 2.75) is 110 Å². The van der Waals surface area contributed by atoms with E-state index in [1.807, 2.05) is 20.8 Å². The molecule has 2 heterocycles. The van der Waals surface area contributed by atoms with Crippen molar-refractivity contribution in [1.82, 2.24) is 5.06 Å². The number of hydrogen-bond acceptors (Lipinski definition) is 7. The van der Waals surface area contributed by atoms with E-state index in [-0.39, 0.29) is 11.1 Å². The van der Waals surface area contributed by atoms with E-state index in [0.29, 0.717) is 31.8 Å². The fourth-order valence-electron chi connectivity index (χ4n) is 5.16.